The zero-order valence-electron chi connectivity index (χ0n) is 8.79. The molecule has 1 aliphatic heterocycles. The maximum atomic E-state index is 9.04. The van der Waals surface area contributed by atoms with E-state index in [2.05, 4.69) is 24.2 Å². The zero-order chi connectivity index (χ0) is 9.68. The first-order valence-corrected chi connectivity index (χ1v) is 5.31. The quantitative estimate of drug-likeness (QED) is 0.669. The molecular weight excluding hydrogens is 164 g/mol. The minimum atomic E-state index is 0.267. The van der Waals surface area contributed by atoms with E-state index in [4.69, 9.17) is 5.11 Å². The first-order chi connectivity index (χ1) is 6.26. The van der Waals surface area contributed by atoms with E-state index < -0.39 is 0 Å². The predicted molar refractivity (Wildman–Crippen MR) is 54.8 cm³/mol. The molecule has 0 aromatic heterocycles. The van der Waals surface area contributed by atoms with Crippen molar-refractivity contribution in [3.05, 3.63) is 0 Å². The molecule has 0 amide bonds. The molecule has 0 radical (unpaired) electrons. The Labute approximate surface area is 81.1 Å². The van der Waals surface area contributed by atoms with E-state index in [1.165, 1.54) is 25.9 Å². The summed E-state index contributed by atoms with van der Waals surface area (Å²) in [4.78, 5) is 2.36. The standard InChI is InChI=1S/C10H22N2O/c1-3-9(8-13)11-10-4-6-12(2)7-5-10/h9-11,13H,3-8H2,1-2H3/t9-/m1/s1. The average molecular weight is 186 g/mol. The van der Waals surface area contributed by atoms with Gasteiger partial charge in [-0.1, -0.05) is 6.92 Å². The number of hydrogen-bond acceptors (Lipinski definition) is 3. The summed E-state index contributed by atoms with van der Waals surface area (Å²) in [6, 6.07) is 0.918. The van der Waals surface area contributed by atoms with Crippen molar-refractivity contribution in [2.45, 2.75) is 38.3 Å². The summed E-state index contributed by atoms with van der Waals surface area (Å²) < 4.78 is 0. The second-order valence-corrected chi connectivity index (χ2v) is 4.03. The fraction of sp³-hybridized carbons (Fsp3) is 1.00. The van der Waals surface area contributed by atoms with Crippen molar-refractivity contribution in [1.29, 1.82) is 0 Å². The van der Waals surface area contributed by atoms with Gasteiger partial charge in [-0.3, -0.25) is 0 Å². The van der Waals surface area contributed by atoms with Crippen LogP contribution in [0, 0.1) is 0 Å². The van der Waals surface area contributed by atoms with Crippen LogP contribution in [0.5, 0.6) is 0 Å². The molecule has 1 aliphatic rings. The van der Waals surface area contributed by atoms with E-state index in [1.807, 2.05) is 0 Å². The van der Waals surface area contributed by atoms with Crippen LogP contribution in [0.1, 0.15) is 26.2 Å². The molecule has 0 spiro atoms. The van der Waals surface area contributed by atoms with Crippen LogP contribution in [0.15, 0.2) is 0 Å². The Kier molecular flexibility index (Phi) is 4.70. The molecule has 3 heteroatoms. The van der Waals surface area contributed by atoms with E-state index >= 15 is 0 Å². The highest BCUT2D eigenvalue weighted by molar-refractivity contribution is 4.78. The molecule has 1 rings (SSSR count). The molecule has 1 saturated heterocycles. The topological polar surface area (TPSA) is 35.5 Å². The van der Waals surface area contributed by atoms with Crippen molar-refractivity contribution in [1.82, 2.24) is 10.2 Å². The number of piperidine rings is 1. The number of aliphatic hydroxyl groups excluding tert-OH is 1. The molecule has 0 saturated carbocycles. The summed E-state index contributed by atoms with van der Waals surface area (Å²) in [7, 11) is 2.17. The lowest BCUT2D eigenvalue weighted by atomic mass is 10.0. The highest BCUT2D eigenvalue weighted by Crippen LogP contribution is 2.09. The molecule has 13 heavy (non-hydrogen) atoms. The van der Waals surface area contributed by atoms with Crippen LogP contribution in [0.2, 0.25) is 0 Å². The fourth-order valence-corrected chi connectivity index (χ4v) is 1.81. The van der Waals surface area contributed by atoms with E-state index in [0.717, 1.165) is 6.42 Å². The van der Waals surface area contributed by atoms with Crippen LogP contribution in [0.3, 0.4) is 0 Å². The van der Waals surface area contributed by atoms with Gasteiger partial charge < -0.3 is 15.3 Å². The summed E-state index contributed by atoms with van der Waals surface area (Å²) in [5.74, 6) is 0. The third-order valence-electron chi connectivity index (χ3n) is 2.90. The fourth-order valence-electron chi connectivity index (χ4n) is 1.81. The van der Waals surface area contributed by atoms with Crippen LogP contribution >= 0.6 is 0 Å². The van der Waals surface area contributed by atoms with Gasteiger partial charge in [0, 0.05) is 12.1 Å². The molecule has 1 atom stereocenters. The van der Waals surface area contributed by atoms with E-state index in [1.54, 1.807) is 0 Å². The first-order valence-electron chi connectivity index (χ1n) is 5.31. The SMILES string of the molecule is CC[C@H](CO)NC1CCN(C)CC1. The number of aliphatic hydroxyl groups is 1. The van der Waals surface area contributed by atoms with Gasteiger partial charge in [0.05, 0.1) is 6.61 Å². The summed E-state index contributed by atoms with van der Waals surface area (Å²) >= 11 is 0. The lowest BCUT2D eigenvalue weighted by molar-refractivity contribution is 0.188. The van der Waals surface area contributed by atoms with Gasteiger partial charge in [-0.25, -0.2) is 0 Å². The third kappa shape index (κ3) is 3.63. The monoisotopic (exact) mass is 186 g/mol. The van der Waals surface area contributed by atoms with Crippen LogP contribution in [0.4, 0.5) is 0 Å². The molecule has 0 aromatic carbocycles. The Bertz CT molecular complexity index is 129. The van der Waals surface area contributed by atoms with E-state index in [-0.39, 0.29) is 6.61 Å². The molecule has 0 bridgehead atoms. The minimum absolute atomic E-state index is 0.267. The Hall–Kier alpha value is -0.120. The largest absolute Gasteiger partial charge is 0.395 e. The Morgan fingerprint density at radius 2 is 2.08 bits per heavy atom. The second-order valence-electron chi connectivity index (χ2n) is 4.03. The maximum absolute atomic E-state index is 9.04. The number of rotatable bonds is 4. The van der Waals surface area contributed by atoms with Crippen molar-refractivity contribution in [3.8, 4) is 0 Å². The first kappa shape index (κ1) is 11.0. The number of nitrogens with zero attached hydrogens (tertiary/aromatic N) is 1. The van der Waals surface area contributed by atoms with Crippen LogP contribution < -0.4 is 5.32 Å². The van der Waals surface area contributed by atoms with Gasteiger partial charge >= 0.3 is 0 Å². The van der Waals surface area contributed by atoms with Crippen LogP contribution in [-0.2, 0) is 0 Å². The normalized spacial score (nSPS) is 23.3. The molecule has 0 aromatic rings. The molecule has 0 aliphatic carbocycles. The summed E-state index contributed by atoms with van der Waals surface area (Å²) in [5.41, 5.74) is 0. The van der Waals surface area contributed by atoms with E-state index in [9.17, 15) is 0 Å². The van der Waals surface area contributed by atoms with Gasteiger partial charge in [-0.2, -0.15) is 0 Å². The van der Waals surface area contributed by atoms with Gasteiger partial charge in [0.15, 0.2) is 0 Å². The smallest absolute Gasteiger partial charge is 0.0584 e. The van der Waals surface area contributed by atoms with Gasteiger partial charge in [0.2, 0.25) is 0 Å². The molecule has 2 N–H and O–H groups in total. The number of likely N-dealkylation sites (tertiary alicyclic amines) is 1. The van der Waals surface area contributed by atoms with Crippen LogP contribution in [-0.4, -0.2) is 48.8 Å². The Balaban J connectivity index is 2.21. The van der Waals surface area contributed by atoms with Crippen molar-refractivity contribution in [2.24, 2.45) is 0 Å². The Morgan fingerprint density at radius 1 is 1.46 bits per heavy atom. The highest BCUT2D eigenvalue weighted by Gasteiger charge is 2.18. The van der Waals surface area contributed by atoms with Crippen molar-refractivity contribution < 1.29 is 5.11 Å². The van der Waals surface area contributed by atoms with Crippen LogP contribution in [0.25, 0.3) is 0 Å². The second kappa shape index (κ2) is 5.58. The van der Waals surface area contributed by atoms with Gasteiger partial charge in [-0.05, 0) is 39.4 Å². The van der Waals surface area contributed by atoms with Gasteiger partial charge in [0.25, 0.3) is 0 Å². The van der Waals surface area contributed by atoms with E-state index in [0.29, 0.717) is 12.1 Å². The predicted octanol–water partition coefficient (Wildman–Crippen LogP) is 0.441. The van der Waals surface area contributed by atoms with Crippen molar-refractivity contribution >= 4 is 0 Å². The van der Waals surface area contributed by atoms with Gasteiger partial charge in [0.1, 0.15) is 0 Å². The molecule has 1 fully saturated rings. The summed E-state index contributed by atoms with van der Waals surface area (Å²) in [5, 5.41) is 12.5. The zero-order valence-corrected chi connectivity index (χ0v) is 8.79. The lowest BCUT2D eigenvalue weighted by Crippen LogP contribution is -2.46. The molecule has 78 valence electrons. The summed E-state index contributed by atoms with van der Waals surface area (Å²) in [6.45, 7) is 4.74. The number of hydrogen-bond donors (Lipinski definition) is 2. The molecular formula is C10H22N2O. The van der Waals surface area contributed by atoms with Crippen molar-refractivity contribution in [2.75, 3.05) is 26.7 Å². The van der Waals surface area contributed by atoms with Gasteiger partial charge in [-0.15, -0.1) is 0 Å². The maximum Gasteiger partial charge on any atom is 0.0584 e. The molecule has 3 nitrogen and oxygen atoms in total. The third-order valence-corrected chi connectivity index (χ3v) is 2.90. The van der Waals surface area contributed by atoms with Crippen molar-refractivity contribution in [3.63, 3.8) is 0 Å². The number of nitrogens with one attached hydrogen (secondary N) is 1. The highest BCUT2D eigenvalue weighted by atomic mass is 16.3. The molecule has 1 heterocycles. The average Bonchev–Trinajstić information content (AvgIpc) is 2.17. The minimum Gasteiger partial charge on any atom is -0.395 e. The molecule has 0 unspecified atom stereocenters. The summed E-state index contributed by atoms with van der Waals surface area (Å²) in [6.07, 6.45) is 3.45. The Morgan fingerprint density at radius 3 is 2.54 bits per heavy atom. The lowest BCUT2D eigenvalue weighted by Gasteiger charge is -2.31.